The number of carbonyl (C=O) groups excluding carboxylic acids is 1. The predicted molar refractivity (Wildman–Crippen MR) is 52.2 cm³/mol. The van der Waals surface area contributed by atoms with Crippen molar-refractivity contribution < 1.29 is 9.90 Å². The Hall–Kier alpha value is -1.20. The molecule has 1 unspecified atom stereocenters. The number of aromatic nitrogens is 2. The van der Waals surface area contributed by atoms with Crippen LogP contribution >= 0.6 is 0 Å². The molecule has 0 aliphatic carbocycles. The van der Waals surface area contributed by atoms with Crippen molar-refractivity contribution in [3.05, 3.63) is 17.2 Å². The first kappa shape index (κ1) is 10.9. The monoisotopic (exact) mass is 197 g/mol. The third-order valence-corrected chi connectivity index (χ3v) is 2.10. The summed E-state index contributed by atoms with van der Waals surface area (Å²) in [6.07, 6.45) is 0. The molecular formula is C9H15N3O2. The van der Waals surface area contributed by atoms with Crippen LogP contribution in [0.3, 0.4) is 0 Å². The minimum Gasteiger partial charge on any atom is -0.394 e. The lowest BCUT2D eigenvalue weighted by molar-refractivity contribution is 0.101. The fourth-order valence-corrected chi connectivity index (χ4v) is 1.31. The largest absolute Gasteiger partial charge is 0.394 e. The first-order valence-corrected chi connectivity index (χ1v) is 4.45. The van der Waals surface area contributed by atoms with Crippen LogP contribution in [0.25, 0.3) is 0 Å². The quantitative estimate of drug-likeness (QED) is 0.601. The van der Waals surface area contributed by atoms with Crippen LogP contribution in [0.5, 0.6) is 0 Å². The van der Waals surface area contributed by atoms with Gasteiger partial charge >= 0.3 is 0 Å². The zero-order valence-corrected chi connectivity index (χ0v) is 8.59. The van der Waals surface area contributed by atoms with Crippen molar-refractivity contribution >= 4 is 5.78 Å². The Morgan fingerprint density at radius 2 is 2.36 bits per heavy atom. The average Bonchev–Trinajstić information content (AvgIpc) is 2.50. The van der Waals surface area contributed by atoms with Crippen LogP contribution in [0, 0.1) is 6.92 Å². The van der Waals surface area contributed by atoms with Gasteiger partial charge in [-0.15, -0.1) is 0 Å². The maximum absolute atomic E-state index is 11.1. The van der Waals surface area contributed by atoms with Gasteiger partial charge in [0.1, 0.15) is 11.5 Å². The van der Waals surface area contributed by atoms with Crippen molar-refractivity contribution in [2.24, 2.45) is 0 Å². The lowest BCUT2D eigenvalue weighted by Crippen LogP contribution is -2.21. The summed E-state index contributed by atoms with van der Waals surface area (Å²) in [5, 5.41) is 11.9. The molecule has 0 bridgehead atoms. The van der Waals surface area contributed by atoms with Gasteiger partial charge in [-0.1, -0.05) is 0 Å². The Morgan fingerprint density at radius 1 is 1.71 bits per heavy atom. The van der Waals surface area contributed by atoms with Gasteiger partial charge in [-0.25, -0.2) is 4.98 Å². The minimum atomic E-state index is -0.248. The van der Waals surface area contributed by atoms with Crippen LogP contribution < -0.4 is 5.32 Å². The summed E-state index contributed by atoms with van der Waals surface area (Å²) in [5.74, 6) is 0.524. The van der Waals surface area contributed by atoms with Crippen molar-refractivity contribution in [1.82, 2.24) is 15.3 Å². The SMILES string of the molecule is CNC(CO)c1nc(C(C)=O)c(C)[nH]1. The van der Waals surface area contributed by atoms with E-state index in [1.807, 2.05) is 0 Å². The highest BCUT2D eigenvalue weighted by molar-refractivity contribution is 5.93. The van der Waals surface area contributed by atoms with Gasteiger partial charge in [-0.05, 0) is 14.0 Å². The van der Waals surface area contributed by atoms with Crippen molar-refractivity contribution in [1.29, 1.82) is 0 Å². The second kappa shape index (κ2) is 4.34. The molecule has 0 aromatic carbocycles. The molecule has 1 aromatic heterocycles. The number of rotatable bonds is 4. The van der Waals surface area contributed by atoms with E-state index < -0.39 is 0 Å². The summed E-state index contributed by atoms with van der Waals surface area (Å²) in [6.45, 7) is 3.21. The van der Waals surface area contributed by atoms with Crippen LogP contribution in [-0.4, -0.2) is 34.5 Å². The second-order valence-electron chi connectivity index (χ2n) is 3.18. The van der Waals surface area contributed by atoms with E-state index in [1.165, 1.54) is 6.92 Å². The summed E-state index contributed by atoms with van der Waals surface area (Å²) >= 11 is 0. The molecule has 78 valence electrons. The fraction of sp³-hybridized carbons (Fsp3) is 0.556. The maximum Gasteiger partial charge on any atom is 0.179 e. The van der Waals surface area contributed by atoms with E-state index in [0.717, 1.165) is 5.69 Å². The number of carbonyl (C=O) groups is 1. The van der Waals surface area contributed by atoms with Gasteiger partial charge in [0.05, 0.1) is 12.6 Å². The lowest BCUT2D eigenvalue weighted by atomic mass is 10.3. The number of hydrogen-bond acceptors (Lipinski definition) is 4. The Kier molecular flexibility index (Phi) is 3.38. The number of likely N-dealkylation sites (N-methyl/N-ethyl adjacent to an activating group) is 1. The normalized spacial score (nSPS) is 12.9. The zero-order chi connectivity index (χ0) is 10.7. The number of Topliss-reactive ketones (excluding diaryl/α,β-unsaturated/α-hetero) is 1. The van der Waals surface area contributed by atoms with E-state index in [2.05, 4.69) is 15.3 Å². The number of aryl methyl sites for hydroxylation is 1. The molecular weight excluding hydrogens is 182 g/mol. The third-order valence-electron chi connectivity index (χ3n) is 2.10. The summed E-state index contributed by atoms with van der Waals surface area (Å²) < 4.78 is 0. The van der Waals surface area contributed by atoms with Gasteiger partial charge in [0, 0.05) is 12.6 Å². The molecule has 1 heterocycles. The number of imidazole rings is 1. The zero-order valence-electron chi connectivity index (χ0n) is 8.59. The Balaban J connectivity index is 3.01. The van der Waals surface area contributed by atoms with Crippen LogP contribution in [0.15, 0.2) is 0 Å². The minimum absolute atomic E-state index is 0.0548. The van der Waals surface area contributed by atoms with E-state index in [9.17, 15) is 4.79 Å². The van der Waals surface area contributed by atoms with E-state index in [1.54, 1.807) is 14.0 Å². The smallest absolute Gasteiger partial charge is 0.179 e. The number of aliphatic hydroxyl groups is 1. The maximum atomic E-state index is 11.1. The number of nitrogens with one attached hydrogen (secondary N) is 2. The lowest BCUT2D eigenvalue weighted by Gasteiger charge is -2.08. The standard InChI is InChI=1S/C9H15N3O2/c1-5-8(6(2)14)12-9(11-5)7(4-13)10-3/h7,10,13H,4H2,1-3H3,(H,11,12). The molecule has 0 aliphatic rings. The average molecular weight is 197 g/mol. The summed E-state index contributed by atoms with van der Waals surface area (Å²) in [7, 11) is 1.73. The van der Waals surface area contributed by atoms with E-state index in [4.69, 9.17) is 5.11 Å². The molecule has 1 rings (SSSR count). The van der Waals surface area contributed by atoms with Gasteiger partial charge in [0.25, 0.3) is 0 Å². The van der Waals surface area contributed by atoms with Crippen LogP contribution in [0.1, 0.15) is 35.0 Å². The Bertz CT molecular complexity index is 329. The van der Waals surface area contributed by atoms with E-state index in [0.29, 0.717) is 11.5 Å². The van der Waals surface area contributed by atoms with Gasteiger partial charge in [-0.3, -0.25) is 4.79 Å². The van der Waals surface area contributed by atoms with Gasteiger partial charge < -0.3 is 15.4 Å². The third kappa shape index (κ3) is 2.00. The summed E-state index contributed by atoms with van der Waals surface area (Å²) in [4.78, 5) is 18.2. The van der Waals surface area contributed by atoms with Crippen LogP contribution in [0.2, 0.25) is 0 Å². The molecule has 3 N–H and O–H groups in total. The first-order valence-electron chi connectivity index (χ1n) is 4.45. The first-order chi connectivity index (χ1) is 6.60. The molecule has 0 saturated heterocycles. The molecule has 1 atom stereocenters. The van der Waals surface area contributed by atoms with Crippen molar-refractivity contribution in [3.8, 4) is 0 Å². The number of H-pyrrole nitrogens is 1. The highest BCUT2D eigenvalue weighted by atomic mass is 16.3. The van der Waals surface area contributed by atoms with Crippen LogP contribution in [0.4, 0.5) is 0 Å². The van der Waals surface area contributed by atoms with Gasteiger partial charge in [-0.2, -0.15) is 0 Å². The van der Waals surface area contributed by atoms with E-state index >= 15 is 0 Å². The molecule has 5 heteroatoms. The summed E-state index contributed by atoms with van der Waals surface area (Å²) in [6, 6.07) is -0.248. The Morgan fingerprint density at radius 3 is 2.71 bits per heavy atom. The molecule has 14 heavy (non-hydrogen) atoms. The number of hydrogen-bond donors (Lipinski definition) is 3. The predicted octanol–water partition coefficient (Wildman–Crippen LogP) is 0.174. The molecule has 1 aromatic rings. The molecule has 0 radical (unpaired) electrons. The highest BCUT2D eigenvalue weighted by Crippen LogP contribution is 2.12. The topological polar surface area (TPSA) is 78.0 Å². The van der Waals surface area contributed by atoms with Crippen molar-refractivity contribution in [3.63, 3.8) is 0 Å². The van der Waals surface area contributed by atoms with Crippen molar-refractivity contribution in [2.75, 3.05) is 13.7 Å². The number of ketones is 1. The number of nitrogens with zero attached hydrogens (tertiary/aromatic N) is 1. The number of aromatic amines is 1. The van der Waals surface area contributed by atoms with Crippen molar-refractivity contribution in [2.45, 2.75) is 19.9 Å². The highest BCUT2D eigenvalue weighted by Gasteiger charge is 2.16. The van der Waals surface area contributed by atoms with Crippen LogP contribution in [-0.2, 0) is 0 Å². The molecule has 0 aliphatic heterocycles. The Labute approximate surface area is 82.6 Å². The van der Waals surface area contributed by atoms with Gasteiger partial charge in [0.2, 0.25) is 0 Å². The second-order valence-corrected chi connectivity index (χ2v) is 3.18. The molecule has 0 spiro atoms. The van der Waals surface area contributed by atoms with Gasteiger partial charge in [0.15, 0.2) is 5.78 Å². The molecule has 0 amide bonds. The summed E-state index contributed by atoms with van der Waals surface area (Å²) in [5.41, 5.74) is 1.18. The fourth-order valence-electron chi connectivity index (χ4n) is 1.31. The number of aliphatic hydroxyl groups excluding tert-OH is 1. The molecule has 0 fully saturated rings. The molecule has 0 saturated carbocycles. The van der Waals surface area contributed by atoms with E-state index in [-0.39, 0.29) is 18.4 Å². The molecule has 5 nitrogen and oxygen atoms in total.